The first kappa shape index (κ1) is 23.7. The summed E-state index contributed by atoms with van der Waals surface area (Å²) in [5, 5.41) is 18.2. The van der Waals surface area contributed by atoms with Crippen LogP contribution in [0.3, 0.4) is 0 Å². The van der Waals surface area contributed by atoms with Crippen LogP contribution in [-0.2, 0) is 11.3 Å². The minimum absolute atomic E-state index is 0.0115. The number of H-pyrrole nitrogens is 1. The summed E-state index contributed by atoms with van der Waals surface area (Å²) in [5.74, 6) is 0.869. The topological polar surface area (TPSA) is 104 Å². The Labute approximate surface area is 195 Å². The number of amides is 1. The number of aromatic nitrogens is 4. The van der Waals surface area contributed by atoms with Crippen molar-refractivity contribution in [3.8, 4) is 11.3 Å². The second-order valence-corrected chi connectivity index (χ2v) is 10.8. The fourth-order valence-electron chi connectivity index (χ4n) is 5.55. The molecular formula is C25H37N5O3. The average Bonchev–Trinajstić information content (AvgIpc) is 3.32. The van der Waals surface area contributed by atoms with Crippen molar-refractivity contribution < 1.29 is 9.90 Å². The molecule has 2 atom stereocenters. The van der Waals surface area contributed by atoms with Crippen LogP contribution in [0.5, 0.6) is 0 Å². The van der Waals surface area contributed by atoms with Crippen molar-refractivity contribution in [1.82, 2.24) is 24.6 Å². The first-order valence-electron chi connectivity index (χ1n) is 12.3. The number of likely N-dealkylation sites (tertiary alicyclic amines) is 1. The summed E-state index contributed by atoms with van der Waals surface area (Å²) in [6, 6.07) is 1.47. The third kappa shape index (κ3) is 5.05. The van der Waals surface area contributed by atoms with Crippen LogP contribution >= 0.6 is 0 Å². The molecule has 1 aliphatic heterocycles. The Hall–Kier alpha value is -2.48. The summed E-state index contributed by atoms with van der Waals surface area (Å²) in [4.78, 5) is 32.2. The number of piperidine rings is 1. The molecule has 0 bridgehead atoms. The monoisotopic (exact) mass is 455 g/mol. The second kappa shape index (κ2) is 9.41. The highest BCUT2D eigenvalue weighted by Gasteiger charge is 2.49. The van der Waals surface area contributed by atoms with Gasteiger partial charge in [0, 0.05) is 42.2 Å². The zero-order valence-corrected chi connectivity index (χ0v) is 20.1. The molecule has 1 aliphatic carbocycles. The molecule has 8 heteroatoms. The number of carbonyl (C=O) groups excluding carboxylic acids is 1. The number of nitrogens with zero attached hydrogens (tertiary/aromatic N) is 4. The van der Waals surface area contributed by atoms with Crippen molar-refractivity contribution >= 4 is 5.91 Å². The van der Waals surface area contributed by atoms with Crippen LogP contribution in [0.4, 0.5) is 0 Å². The van der Waals surface area contributed by atoms with Gasteiger partial charge in [0.25, 0.3) is 5.56 Å². The van der Waals surface area contributed by atoms with Crippen LogP contribution in [0.15, 0.2) is 29.6 Å². The molecule has 33 heavy (non-hydrogen) atoms. The van der Waals surface area contributed by atoms with Crippen LogP contribution < -0.4 is 5.56 Å². The number of aromatic amines is 1. The molecule has 1 amide bonds. The van der Waals surface area contributed by atoms with Gasteiger partial charge in [-0.15, -0.1) is 0 Å². The van der Waals surface area contributed by atoms with Gasteiger partial charge in [-0.2, -0.15) is 5.10 Å². The summed E-state index contributed by atoms with van der Waals surface area (Å²) in [5.41, 5.74) is -0.603. The van der Waals surface area contributed by atoms with E-state index in [4.69, 9.17) is 0 Å². The quantitative estimate of drug-likeness (QED) is 0.696. The summed E-state index contributed by atoms with van der Waals surface area (Å²) < 4.78 is 1.47. The molecule has 3 heterocycles. The molecule has 2 aliphatic rings. The number of carbonyl (C=O) groups is 1. The molecule has 2 aromatic rings. The SMILES string of the molecule is CC(CC1CCCCC1)C(=O)N1CCC(O)(Cn2cnc(-c3cn[nH]c3)cc2=O)C(C)(C)C1. The number of rotatable bonds is 6. The second-order valence-electron chi connectivity index (χ2n) is 10.8. The fraction of sp³-hybridized carbons (Fsp3) is 0.680. The Kier molecular flexibility index (Phi) is 6.75. The van der Waals surface area contributed by atoms with E-state index < -0.39 is 11.0 Å². The van der Waals surface area contributed by atoms with Crippen molar-refractivity contribution in [3.63, 3.8) is 0 Å². The Morgan fingerprint density at radius 3 is 2.70 bits per heavy atom. The van der Waals surface area contributed by atoms with Gasteiger partial charge in [0.2, 0.25) is 5.91 Å². The van der Waals surface area contributed by atoms with Gasteiger partial charge in [-0.05, 0) is 18.8 Å². The first-order valence-corrected chi connectivity index (χ1v) is 12.3. The van der Waals surface area contributed by atoms with Gasteiger partial charge >= 0.3 is 0 Å². The van der Waals surface area contributed by atoms with Gasteiger partial charge in [0.05, 0.1) is 30.4 Å². The predicted molar refractivity (Wildman–Crippen MR) is 126 cm³/mol. The lowest BCUT2D eigenvalue weighted by atomic mass is 9.69. The smallest absolute Gasteiger partial charge is 0.253 e. The van der Waals surface area contributed by atoms with E-state index in [1.54, 1.807) is 12.4 Å². The molecule has 2 unspecified atom stereocenters. The Bertz CT molecular complexity index is 1010. The highest BCUT2D eigenvalue weighted by molar-refractivity contribution is 5.78. The normalized spacial score (nSPS) is 24.5. The van der Waals surface area contributed by atoms with E-state index in [9.17, 15) is 14.7 Å². The molecule has 2 N–H and O–H groups in total. The Morgan fingerprint density at radius 2 is 2.06 bits per heavy atom. The van der Waals surface area contributed by atoms with Gasteiger partial charge in [-0.3, -0.25) is 19.3 Å². The maximum Gasteiger partial charge on any atom is 0.253 e. The van der Waals surface area contributed by atoms with E-state index in [0.717, 1.165) is 12.0 Å². The molecular weight excluding hydrogens is 418 g/mol. The Morgan fingerprint density at radius 1 is 1.30 bits per heavy atom. The molecule has 180 valence electrons. The van der Waals surface area contributed by atoms with Gasteiger partial charge in [-0.1, -0.05) is 52.9 Å². The van der Waals surface area contributed by atoms with Crippen LogP contribution in [-0.4, -0.2) is 54.4 Å². The molecule has 1 saturated heterocycles. The number of nitrogens with one attached hydrogen (secondary N) is 1. The maximum atomic E-state index is 13.2. The maximum absolute atomic E-state index is 13.2. The van der Waals surface area contributed by atoms with E-state index in [2.05, 4.69) is 22.1 Å². The number of hydrogen-bond donors (Lipinski definition) is 2. The summed E-state index contributed by atoms with van der Waals surface area (Å²) in [6.45, 7) is 7.15. The van der Waals surface area contributed by atoms with Gasteiger partial charge in [0.1, 0.15) is 0 Å². The highest BCUT2D eigenvalue weighted by atomic mass is 16.3. The minimum Gasteiger partial charge on any atom is -0.387 e. The fourth-order valence-corrected chi connectivity index (χ4v) is 5.55. The predicted octanol–water partition coefficient (Wildman–Crippen LogP) is 3.23. The summed E-state index contributed by atoms with van der Waals surface area (Å²) in [7, 11) is 0. The first-order chi connectivity index (χ1) is 15.7. The van der Waals surface area contributed by atoms with Crippen LogP contribution in [0.2, 0.25) is 0 Å². The molecule has 2 fully saturated rings. The van der Waals surface area contributed by atoms with Crippen LogP contribution in [0.25, 0.3) is 11.3 Å². The zero-order valence-electron chi connectivity index (χ0n) is 20.1. The van der Waals surface area contributed by atoms with Crippen LogP contribution in [0, 0.1) is 17.3 Å². The molecule has 1 saturated carbocycles. The van der Waals surface area contributed by atoms with Gasteiger partial charge < -0.3 is 10.0 Å². The number of hydrogen-bond acceptors (Lipinski definition) is 5. The van der Waals surface area contributed by atoms with Crippen molar-refractivity contribution in [3.05, 3.63) is 35.1 Å². The zero-order chi connectivity index (χ0) is 23.6. The highest BCUT2D eigenvalue weighted by Crippen LogP contribution is 2.40. The third-order valence-corrected chi connectivity index (χ3v) is 7.89. The van der Waals surface area contributed by atoms with Crippen molar-refractivity contribution in [2.75, 3.05) is 13.1 Å². The number of aliphatic hydroxyl groups is 1. The van der Waals surface area contributed by atoms with Crippen molar-refractivity contribution in [2.24, 2.45) is 17.3 Å². The lowest BCUT2D eigenvalue weighted by Gasteiger charge is -2.50. The van der Waals surface area contributed by atoms with E-state index >= 15 is 0 Å². The molecule has 0 aromatic carbocycles. The van der Waals surface area contributed by atoms with Crippen LogP contribution in [0.1, 0.15) is 65.7 Å². The van der Waals surface area contributed by atoms with E-state index in [1.165, 1.54) is 49.1 Å². The van der Waals surface area contributed by atoms with Crippen molar-refractivity contribution in [2.45, 2.75) is 77.9 Å². The van der Waals surface area contributed by atoms with E-state index in [-0.39, 0.29) is 23.9 Å². The lowest BCUT2D eigenvalue weighted by Crippen LogP contribution is -2.61. The van der Waals surface area contributed by atoms with Crippen molar-refractivity contribution in [1.29, 1.82) is 0 Å². The lowest BCUT2D eigenvalue weighted by molar-refractivity contribution is -0.157. The average molecular weight is 456 g/mol. The van der Waals surface area contributed by atoms with Gasteiger partial charge in [0.15, 0.2) is 0 Å². The molecule has 0 radical (unpaired) electrons. The molecule has 0 spiro atoms. The molecule has 2 aromatic heterocycles. The van der Waals surface area contributed by atoms with Gasteiger partial charge in [-0.25, -0.2) is 4.98 Å². The third-order valence-electron chi connectivity index (χ3n) is 7.89. The van der Waals surface area contributed by atoms with E-state index in [1.807, 2.05) is 18.7 Å². The molecule has 4 rings (SSSR count). The summed E-state index contributed by atoms with van der Waals surface area (Å²) in [6.07, 6.45) is 12.6. The largest absolute Gasteiger partial charge is 0.387 e. The summed E-state index contributed by atoms with van der Waals surface area (Å²) >= 11 is 0. The standard InChI is InChI=1S/C25H37N5O3/c1-18(11-19-7-5-4-6-8-19)23(32)29-10-9-25(33,24(2,3)15-29)16-30-17-26-21(12-22(30)31)20-13-27-28-14-20/h12-14,17-19,33H,4-11,15-16H2,1-3H3,(H,27,28). The minimum atomic E-state index is -1.11. The molecule has 8 nitrogen and oxygen atoms in total. The Balaban J connectivity index is 1.41. The van der Waals surface area contributed by atoms with E-state index in [0.29, 0.717) is 31.1 Å².